The van der Waals surface area contributed by atoms with Crippen LogP contribution in [0.3, 0.4) is 0 Å². The summed E-state index contributed by atoms with van der Waals surface area (Å²) in [4.78, 5) is 21.4. The van der Waals surface area contributed by atoms with Gasteiger partial charge in [-0.25, -0.2) is 0 Å². The lowest BCUT2D eigenvalue weighted by molar-refractivity contribution is -0.137. The summed E-state index contributed by atoms with van der Waals surface area (Å²) in [6.07, 6.45) is 2.64. The molecule has 1 heterocycles. The van der Waals surface area contributed by atoms with Gasteiger partial charge in [-0.05, 0) is 12.5 Å². The van der Waals surface area contributed by atoms with Crippen LogP contribution in [-0.4, -0.2) is 33.2 Å². The number of amides is 1. The molecule has 1 unspecified atom stereocenters. The molecule has 1 rings (SSSR count). The van der Waals surface area contributed by atoms with E-state index in [-0.39, 0.29) is 18.4 Å². The van der Waals surface area contributed by atoms with E-state index >= 15 is 0 Å². The number of hydrogen-bond donors (Lipinski definition) is 3. The number of carbonyl (C=O) groups excluding carboxylic acids is 1. The van der Waals surface area contributed by atoms with Crippen LogP contribution in [0.15, 0.2) is 12.3 Å². The average Bonchev–Trinajstić information content (AvgIpc) is 2.66. The number of nitrogens with zero attached hydrogens (tertiary/aromatic N) is 1. The number of aromatic amines is 1. The van der Waals surface area contributed by atoms with Crippen LogP contribution in [-0.2, 0) is 16.0 Å². The van der Waals surface area contributed by atoms with Crippen molar-refractivity contribution in [3.63, 3.8) is 0 Å². The smallest absolute Gasteiger partial charge is 0.303 e. The van der Waals surface area contributed by atoms with Gasteiger partial charge in [-0.3, -0.25) is 14.7 Å². The highest BCUT2D eigenvalue weighted by Gasteiger charge is 2.13. The summed E-state index contributed by atoms with van der Waals surface area (Å²) >= 11 is 0. The van der Waals surface area contributed by atoms with Gasteiger partial charge in [0.1, 0.15) is 0 Å². The highest BCUT2D eigenvalue weighted by molar-refractivity contribution is 5.73. The number of H-pyrrole nitrogens is 1. The topological polar surface area (TPSA) is 95.1 Å². The first-order valence-corrected chi connectivity index (χ1v) is 5.05. The summed E-state index contributed by atoms with van der Waals surface area (Å²) in [6.45, 7) is 1.42. The van der Waals surface area contributed by atoms with Crippen molar-refractivity contribution in [1.29, 1.82) is 0 Å². The Morgan fingerprint density at radius 3 is 2.88 bits per heavy atom. The van der Waals surface area contributed by atoms with E-state index < -0.39 is 5.97 Å². The van der Waals surface area contributed by atoms with Crippen molar-refractivity contribution < 1.29 is 14.7 Å². The van der Waals surface area contributed by atoms with E-state index in [0.717, 1.165) is 5.69 Å². The fourth-order valence-corrected chi connectivity index (χ4v) is 1.47. The standard InChI is InChI=1S/C10H15N3O3/c1-7(14)12-8(2-3-10(15)16)6-9-4-5-11-13-9/h4-5,8H,2-3,6H2,1H3,(H,11,13)(H,12,14)(H,15,16). The zero-order valence-corrected chi connectivity index (χ0v) is 9.06. The van der Waals surface area contributed by atoms with E-state index in [2.05, 4.69) is 15.5 Å². The third-order valence-electron chi connectivity index (χ3n) is 2.14. The highest BCUT2D eigenvalue weighted by atomic mass is 16.4. The van der Waals surface area contributed by atoms with Crippen LogP contribution < -0.4 is 5.32 Å². The molecular weight excluding hydrogens is 210 g/mol. The molecule has 0 aliphatic heterocycles. The van der Waals surface area contributed by atoms with Crippen molar-refractivity contribution in [2.24, 2.45) is 0 Å². The summed E-state index contributed by atoms with van der Waals surface area (Å²) in [5.41, 5.74) is 0.879. The maximum atomic E-state index is 10.9. The predicted octanol–water partition coefficient (Wildman–Crippen LogP) is 0.322. The highest BCUT2D eigenvalue weighted by Crippen LogP contribution is 2.05. The second kappa shape index (κ2) is 5.89. The lowest BCUT2D eigenvalue weighted by Gasteiger charge is -2.15. The van der Waals surface area contributed by atoms with Gasteiger partial charge in [-0.15, -0.1) is 0 Å². The van der Waals surface area contributed by atoms with Crippen LogP contribution in [0, 0.1) is 0 Å². The SMILES string of the molecule is CC(=O)NC(CCC(=O)O)Cc1ccn[nH]1. The second-order valence-corrected chi connectivity index (χ2v) is 3.62. The van der Waals surface area contributed by atoms with E-state index in [1.54, 1.807) is 12.3 Å². The quantitative estimate of drug-likeness (QED) is 0.649. The number of hydrogen-bond acceptors (Lipinski definition) is 3. The molecule has 1 atom stereocenters. The molecule has 0 aliphatic rings. The maximum Gasteiger partial charge on any atom is 0.303 e. The monoisotopic (exact) mass is 225 g/mol. The predicted molar refractivity (Wildman–Crippen MR) is 56.8 cm³/mol. The van der Waals surface area contributed by atoms with Crippen molar-refractivity contribution in [3.05, 3.63) is 18.0 Å². The minimum atomic E-state index is -0.861. The normalized spacial score (nSPS) is 12.1. The molecule has 6 nitrogen and oxygen atoms in total. The van der Waals surface area contributed by atoms with E-state index in [9.17, 15) is 9.59 Å². The number of carbonyl (C=O) groups is 2. The molecule has 1 amide bonds. The molecule has 0 saturated carbocycles. The van der Waals surface area contributed by atoms with Gasteiger partial charge < -0.3 is 10.4 Å². The van der Waals surface area contributed by atoms with E-state index in [0.29, 0.717) is 12.8 Å². The molecule has 0 aliphatic carbocycles. The van der Waals surface area contributed by atoms with Crippen molar-refractivity contribution >= 4 is 11.9 Å². The molecule has 3 N–H and O–H groups in total. The van der Waals surface area contributed by atoms with Crippen molar-refractivity contribution in [2.45, 2.75) is 32.2 Å². The van der Waals surface area contributed by atoms with Gasteiger partial charge in [0.15, 0.2) is 0 Å². The number of aromatic nitrogens is 2. The van der Waals surface area contributed by atoms with Gasteiger partial charge in [0, 0.05) is 37.7 Å². The molecular formula is C10H15N3O3. The van der Waals surface area contributed by atoms with Crippen molar-refractivity contribution in [1.82, 2.24) is 15.5 Å². The molecule has 0 aromatic carbocycles. The van der Waals surface area contributed by atoms with Gasteiger partial charge in [-0.1, -0.05) is 0 Å². The van der Waals surface area contributed by atoms with Crippen molar-refractivity contribution in [2.75, 3.05) is 0 Å². The van der Waals surface area contributed by atoms with E-state index in [4.69, 9.17) is 5.11 Å². The molecule has 88 valence electrons. The van der Waals surface area contributed by atoms with Crippen molar-refractivity contribution in [3.8, 4) is 0 Å². The minimum absolute atomic E-state index is 0.0408. The van der Waals surface area contributed by atoms with Crippen LogP contribution in [0.1, 0.15) is 25.5 Å². The lowest BCUT2D eigenvalue weighted by atomic mass is 10.1. The van der Waals surface area contributed by atoms with Crippen LogP contribution in [0.5, 0.6) is 0 Å². The zero-order valence-electron chi connectivity index (χ0n) is 9.06. The molecule has 6 heteroatoms. The Hall–Kier alpha value is -1.85. The molecule has 0 bridgehead atoms. The Balaban J connectivity index is 2.49. The maximum absolute atomic E-state index is 10.9. The first kappa shape index (κ1) is 12.2. The summed E-state index contributed by atoms with van der Waals surface area (Å²) in [5.74, 6) is -1.02. The second-order valence-electron chi connectivity index (χ2n) is 3.62. The van der Waals surface area contributed by atoms with Crippen LogP contribution >= 0.6 is 0 Å². The molecule has 0 spiro atoms. The Bertz CT molecular complexity index is 348. The summed E-state index contributed by atoms with van der Waals surface area (Å²) in [6, 6.07) is 1.63. The van der Waals surface area contributed by atoms with Gasteiger partial charge in [-0.2, -0.15) is 5.10 Å². The number of aliphatic carboxylic acids is 1. The molecule has 16 heavy (non-hydrogen) atoms. The summed E-state index contributed by atoms with van der Waals surface area (Å²) in [5, 5.41) is 17.9. The van der Waals surface area contributed by atoms with E-state index in [1.807, 2.05) is 0 Å². The Kier molecular flexibility index (Phi) is 4.50. The number of rotatable bonds is 6. The number of carboxylic acids is 1. The van der Waals surface area contributed by atoms with Gasteiger partial charge in [0.25, 0.3) is 0 Å². The summed E-state index contributed by atoms with van der Waals surface area (Å²) < 4.78 is 0. The minimum Gasteiger partial charge on any atom is -0.481 e. The first-order chi connectivity index (χ1) is 7.58. The zero-order chi connectivity index (χ0) is 12.0. The largest absolute Gasteiger partial charge is 0.481 e. The Morgan fingerprint density at radius 1 is 1.62 bits per heavy atom. The van der Waals surface area contributed by atoms with Gasteiger partial charge in [0.05, 0.1) is 0 Å². The molecule has 0 fully saturated rings. The Labute approximate surface area is 93.1 Å². The van der Waals surface area contributed by atoms with Crippen LogP contribution in [0.2, 0.25) is 0 Å². The molecule has 1 aromatic heterocycles. The van der Waals surface area contributed by atoms with Crippen LogP contribution in [0.4, 0.5) is 0 Å². The molecule has 0 radical (unpaired) electrons. The third-order valence-corrected chi connectivity index (χ3v) is 2.14. The van der Waals surface area contributed by atoms with Gasteiger partial charge in [0.2, 0.25) is 5.91 Å². The molecule has 1 aromatic rings. The van der Waals surface area contributed by atoms with E-state index in [1.165, 1.54) is 6.92 Å². The van der Waals surface area contributed by atoms with Crippen LogP contribution in [0.25, 0.3) is 0 Å². The average molecular weight is 225 g/mol. The fraction of sp³-hybridized carbons (Fsp3) is 0.500. The summed E-state index contributed by atoms with van der Waals surface area (Å²) in [7, 11) is 0. The third kappa shape index (κ3) is 4.59. The fourth-order valence-electron chi connectivity index (χ4n) is 1.47. The number of carboxylic acid groups (broad SMARTS) is 1. The Morgan fingerprint density at radius 2 is 2.38 bits per heavy atom. The number of nitrogens with one attached hydrogen (secondary N) is 2. The molecule has 0 saturated heterocycles. The lowest BCUT2D eigenvalue weighted by Crippen LogP contribution is -2.35. The van der Waals surface area contributed by atoms with Gasteiger partial charge >= 0.3 is 5.97 Å². The first-order valence-electron chi connectivity index (χ1n) is 5.05.